The number of phosphoric ester groups is 1. The Kier molecular flexibility index (Phi) is 35.6. The van der Waals surface area contributed by atoms with Gasteiger partial charge in [0.1, 0.15) is 19.8 Å². The van der Waals surface area contributed by atoms with Gasteiger partial charge in [0.25, 0.3) is 0 Å². The molecule has 10 heteroatoms. The van der Waals surface area contributed by atoms with Crippen molar-refractivity contribution in [1.82, 2.24) is 0 Å². The van der Waals surface area contributed by atoms with Crippen LogP contribution in [0.5, 0.6) is 0 Å². The Bertz CT molecular complexity index is 1020. The summed E-state index contributed by atoms with van der Waals surface area (Å²) in [7, 11) is 1.46. The topological polar surface area (TPSA) is 108 Å². The Labute approximate surface area is 331 Å². The Balaban J connectivity index is 4.40. The average Bonchev–Trinajstić information content (AvgIpc) is 3.12. The van der Waals surface area contributed by atoms with E-state index >= 15 is 0 Å². The number of nitrogens with zero attached hydrogens (tertiary/aromatic N) is 1. The molecule has 0 spiro atoms. The molecule has 0 saturated heterocycles. The second-order valence-corrected chi connectivity index (χ2v) is 17.2. The number of rotatable bonds is 39. The van der Waals surface area contributed by atoms with Gasteiger partial charge >= 0.3 is 19.8 Å². The Morgan fingerprint density at radius 1 is 0.574 bits per heavy atom. The lowest BCUT2D eigenvalue weighted by Gasteiger charge is -2.24. The summed E-state index contributed by atoms with van der Waals surface area (Å²) in [6.07, 6.45) is 40.4. The van der Waals surface area contributed by atoms with Gasteiger partial charge in [-0.1, -0.05) is 140 Å². The minimum atomic E-state index is -4.38. The van der Waals surface area contributed by atoms with Crippen molar-refractivity contribution in [3.63, 3.8) is 0 Å². The van der Waals surface area contributed by atoms with Crippen LogP contribution in [-0.4, -0.2) is 74.9 Å². The van der Waals surface area contributed by atoms with E-state index in [4.69, 9.17) is 18.5 Å². The number of hydrogen-bond donors (Lipinski definition) is 1. The fraction of sp³-hybridized carbons (Fsp3) is 0.818. The van der Waals surface area contributed by atoms with E-state index in [9.17, 15) is 19.0 Å². The molecule has 0 aliphatic carbocycles. The zero-order valence-electron chi connectivity index (χ0n) is 35.5. The highest BCUT2D eigenvalue weighted by Crippen LogP contribution is 2.43. The minimum absolute atomic E-state index is 0.0276. The largest absolute Gasteiger partial charge is 0.472 e. The molecule has 9 nitrogen and oxygen atoms in total. The highest BCUT2D eigenvalue weighted by molar-refractivity contribution is 7.47. The van der Waals surface area contributed by atoms with Crippen molar-refractivity contribution < 1.29 is 42.1 Å². The first kappa shape index (κ1) is 52.2. The molecule has 1 N–H and O–H groups in total. The van der Waals surface area contributed by atoms with Crippen LogP contribution in [0.15, 0.2) is 36.5 Å². The van der Waals surface area contributed by atoms with Gasteiger partial charge in [-0.05, 0) is 64.2 Å². The molecule has 0 aromatic carbocycles. The molecule has 316 valence electrons. The van der Waals surface area contributed by atoms with E-state index in [0.717, 1.165) is 70.6 Å². The standard InChI is InChI=1S/C44H82NO8P/c1-6-8-10-12-14-16-18-20-22-24-26-28-30-32-34-36-43(46)50-40-42(41-52-54(48,49)51-39-38-45(3,4)5)53-44(47)37-35-33-31-29-27-25-23-21-19-17-15-13-11-9-7-2/h16-19,21,23,42H,6-15,20,22,24-41H2,1-5H3/p+1/b18-16+,19-17+,23-21+/t42-/m1/s1. The van der Waals surface area contributed by atoms with E-state index in [-0.39, 0.29) is 32.0 Å². The van der Waals surface area contributed by atoms with Gasteiger partial charge < -0.3 is 18.9 Å². The molecule has 0 aliphatic rings. The number of esters is 2. The van der Waals surface area contributed by atoms with E-state index in [1.807, 2.05) is 21.1 Å². The highest BCUT2D eigenvalue weighted by Gasteiger charge is 2.27. The maximum absolute atomic E-state index is 12.7. The van der Waals surface area contributed by atoms with E-state index < -0.39 is 26.5 Å². The third-order valence-electron chi connectivity index (χ3n) is 9.17. The lowest BCUT2D eigenvalue weighted by molar-refractivity contribution is -0.870. The minimum Gasteiger partial charge on any atom is -0.462 e. The van der Waals surface area contributed by atoms with Gasteiger partial charge in [-0.2, -0.15) is 0 Å². The molecule has 0 heterocycles. The number of ether oxygens (including phenoxy) is 2. The predicted molar refractivity (Wildman–Crippen MR) is 224 cm³/mol. The quantitative estimate of drug-likeness (QED) is 0.0164. The van der Waals surface area contributed by atoms with Crippen molar-refractivity contribution in [3.05, 3.63) is 36.5 Å². The maximum atomic E-state index is 12.7. The summed E-state index contributed by atoms with van der Waals surface area (Å²) in [4.78, 5) is 35.3. The van der Waals surface area contributed by atoms with Gasteiger partial charge in [0.05, 0.1) is 27.7 Å². The molecule has 0 aromatic rings. The van der Waals surface area contributed by atoms with Crippen molar-refractivity contribution >= 4 is 19.8 Å². The number of carbonyl (C=O) groups excluding carboxylic acids is 2. The Hall–Kier alpha value is -1.77. The number of allylic oxidation sites excluding steroid dienone is 6. The van der Waals surface area contributed by atoms with Gasteiger partial charge in [0.15, 0.2) is 6.10 Å². The zero-order chi connectivity index (χ0) is 40.0. The van der Waals surface area contributed by atoms with Crippen LogP contribution in [0.1, 0.15) is 181 Å². The summed E-state index contributed by atoms with van der Waals surface area (Å²) in [6, 6.07) is 0. The van der Waals surface area contributed by atoms with Gasteiger partial charge in [0, 0.05) is 12.8 Å². The first-order chi connectivity index (χ1) is 26.0. The van der Waals surface area contributed by atoms with Crippen molar-refractivity contribution in [2.45, 2.75) is 187 Å². The molecule has 0 fully saturated rings. The Morgan fingerprint density at radius 2 is 1.00 bits per heavy atom. The van der Waals surface area contributed by atoms with Crippen LogP contribution >= 0.6 is 7.82 Å². The van der Waals surface area contributed by atoms with Crippen molar-refractivity contribution in [3.8, 4) is 0 Å². The summed E-state index contributed by atoms with van der Waals surface area (Å²) < 4.78 is 34.3. The van der Waals surface area contributed by atoms with Crippen LogP contribution < -0.4 is 0 Å². The molecule has 0 rings (SSSR count). The monoisotopic (exact) mass is 785 g/mol. The SMILES string of the molecule is CCCCCC/C=C/C=C/CCCCCCCC(=O)O[C@H](COC(=O)CCCCCCCCC/C=C/CCCCCC)COP(=O)(O)OCC[N+](C)(C)C. The average molecular weight is 785 g/mol. The summed E-state index contributed by atoms with van der Waals surface area (Å²) in [5.74, 6) is -0.821. The van der Waals surface area contributed by atoms with Crippen LogP contribution in [0.3, 0.4) is 0 Å². The van der Waals surface area contributed by atoms with Gasteiger partial charge in [-0.15, -0.1) is 0 Å². The summed E-state index contributed by atoms with van der Waals surface area (Å²) in [5.41, 5.74) is 0. The molecular weight excluding hydrogens is 701 g/mol. The lowest BCUT2D eigenvalue weighted by Crippen LogP contribution is -2.37. The molecule has 0 saturated carbocycles. The second kappa shape index (κ2) is 36.8. The molecule has 0 bridgehead atoms. The highest BCUT2D eigenvalue weighted by atomic mass is 31.2. The molecule has 0 aromatic heterocycles. The number of phosphoric acid groups is 1. The van der Waals surface area contributed by atoms with E-state index in [2.05, 4.69) is 50.3 Å². The van der Waals surface area contributed by atoms with Crippen molar-refractivity contribution in [2.75, 3.05) is 47.5 Å². The molecule has 54 heavy (non-hydrogen) atoms. The zero-order valence-corrected chi connectivity index (χ0v) is 36.3. The normalized spacial score (nSPS) is 14.0. The first-order valence-electron chi connectivity index (χ1n) is 21.7. The lowest BCUT2D eigenvalue weighted by atomic mass is 10.1. The number of unbranched alkanes of at least 4 members (excludes halogenated alkanes) is 20. The van der Waals surface area contributed by atoms with Crippen LogP contribution in [0.25, 0.3) is 0 Å². The fourth-order valence-corrected chi connectivity index (χ4v) is 6.45. The molecule has 1 unspecified atom stereocenters. The van der Waals surface area contributed by atoms with Crippen molar-refractivity contribution in [2.24, 2.45) is 0 Å². The molecular formula is C44H83NO8P+. The first-order valence-corrected chi connectivity index (χ1v) is 23.2. The summed E-state index contributed by atoms with van der Waals surface area (Å²) in [6.45, 7) is 4.36. The van der Waals surface area contributed by atoms with E-state index in [0.29, 0.717) is 17.4 Å². The summed E-state index contributed by atoms with van der Waals surface area (Å²) in [5, 5.41) is 0. The fourth-order valence-electron chi connectivity index (χ4n) is 5.70. The van der Waals surface area contributed by atoms with Gasteiger partial charge in [-0.3, -0.25) is 18.6 Å². The number of quaternary nitrogens is 1. The number of likely N-dealkylation sites (N-methyl/N-ethyl adjacent to an activating group) is 1. The second-order valence-electron chi connectivity index (χ2n) is 15.8. The van der Waals surface area contributed by atoms with Crippen LogP contribution in [-0.2, 0) is 32.7 Å². The molecule has 0 amide bonds. The smallest absolute Gasteiger partial charge is 0.462 e. The third-order valence-corrected chi connectivity index (χ3v) is 10.2. The van der Waals surface area contributed by atoms with Crippen LogP contribution in [0, 0.1) is 0 Å². The van der Waals surface area contributed by atoms with Crippen LogP contribution in [0.4, 0.5) is 0 Å². The van der Waals surface area contributed by atoms with Gasteiger partial charge in [-0.25, -0.2) is 4.57 Å². The van der Waals surface area contributed by atoms with Gasteiger partial charge in [0.2, 0.25) is 0 Å². The molecule has 0 radical (unpaired) electrons. The summed E-state index contributed by atoms with van der Waals surface area (Å²) >= 11 is 0. The van der Waals surface area contributed by atoms with Crippen LogP contribution in [0.2, 0.25) is 0 Å². The molecule has 0 aliphatic heterocycles. The van der Waals surface area contributed by atoms with Crippen molar-refractivity contribution in [1.29, 1.82) is 0 Å². The molecule has 2 atom stereocenters. The Morgan fingerprint density at radius 3 is 1.48 bits per heavy atom. The van der Waals surface area contributed by atoms with E-state index in [1.165, 1.54) is 77.0 Å². The van der Waals surface area contributed by atoms with E-state index in [1.54, 1.807) is 0 Å². The third kappa shape index (κ3) is 39.9. The maximum Gasteiger partial charge on any atom is 0.472 e. The number of carbonyl (C=O) groups is 2. The number of hydrogen-bond acceptors (Lipinski definition) is 7. The predicted octanol–water partition coefficient (Wildman–Crippen LogP) is 12.1.